The Morgan fingerprint density at radius 2 is 2.30 bits per heavy atom. The summed E-state index contributed by atoms with van der Waals surface area (Å²) in [7, 11) is 0. The summed E-state index contributed by atoms with van der Waals surface area (Å²) in [6.07, 6.45) is 3.00. The fourth-order valence-electron chi connectivity index (χ4n) is 0.736. The van der Waals surface area contributed by atoms with Gasteiger partial charge in [0.25, 0.3) is 0 Å². The maximum Gasteiger partial charge on any atom is 0.158 e. The topological polar surface area (TPSA) is 54.5 Å². The van der Waals surface area contributed by atoms with Gasteiger partial charge in [-0.3, -0.25) is 5.10 Å². The molecule has 5 heteroatoms. The second-order valence-corrected chi connectivity index (χ2v) is 2.15. The van der Waals surface area contributed by atoms with Gasteiger partial charge < -0.3 is 0 Å². The molecule has 50 valence electrons. The van der Waals surface area contributed by atoms with Crippen LogP contribution in [-0.2, 0) is 0 Å². The van der Waals surface area contributed by atoms with Gasteiger partial charge in [0.1, 0.15) is 17.4 Å². The molecule has 4 nitrogen and oxygen atoms in total. The Morgan fingerprint density at radius 3 is 3.10 bits per heavy atom. The van der Waals surface area contributed by atoms with Gasteiger partial charge in [-0.25, -0.2) is 9.97 Å². The zero-order valence-corrected chi connectivity index (χ0v) is 5.63. The summed E-state index contributed by atoms with van der Waals surface area (Å²) in [6, 6.07) is 0. The number of nitrogens with one attached hydrogen (secondary N) is 1. The average Bonchev–Trinajstić information content (AvgIpc) is 2.36. The smallest absolute Gasteiger partial charge is 0.158 e. The van der Waals surface area contributed by atoms with Crippen LogP contribution >= 0.6 is 11.6 Å². The Balaban J connectivity index is 2.95. The molecule has 1 N–H and O–H groups in total. The molecule has 0 unspecified atom stereocenters. The molecular formula is C5H3ClN4. The van der Waals surface area contributed by atoms with E-state index in [2.05, 4.69) is 20.2 Å². The number of aromatic nitrogens is 4. The summed E-state index contributed by atoms with van der Waals surface area (Å²) in [5, 5.41) is 6.84. The highest BCUT2D eigenvalue weighted by Gasteiger charge is 1.99. The van der Waals surface area contributed by atoms with Crippen molar-refractivity contribution in [2.45, 2.75) is 0 Å². The van der Waals surface area contributed by atoms with Crippen molar-refractivity contribution in [2.24, 2.45) is 0 Å². The van der Waals surface area contributed by atoms with Crippen LogP contribution in [0.25, 0.3) is 11.0 Å². The van der Waals surface area contributed by atoms with Crippen molar-refractivity contribution in [2.75, 3.05) is 0 Å². The molecule has 10 heavy (non-hydrogen) atoms. The van der Waals surface area contributed by atoms with E-state index in [0.717, 1.165) is 5.52 Å². The van der Waals surface area contributed by atoms with E-state index in [9.17, 15) is 0 Å². The van der Waals surface area contributed by atoms with Gasteiger partial charge in [-0.05, 0) is 0 Å². The SMILES string of the molecule is Clc1ncnc2cn[nH]c12. The first-order chi connectivity index (χ1) is 4.88. The summed E-state index contributed by atoms with van der Waals surface area (Å²) in [5.74, 6) is 0. The maximum absolute atomic E-state index is 5.68. The zero-order chi connectivity index (χ0) is 6.97. The van der Waals surface area contributed by atoms with E-state index in [-0.39, 0.29) is 0 Å². The van der Waals surface area contributed by atoms with Gasteiger partial charge in [-0.1, -0.05) is 11.6 Å². The van der Waals surface area contributed by atoms with Crippen molar-refractivity contribution in [3.05, 3.63) is 17.7 Å². The first kappa shape index (κ1) is 5.61. The Kier molecular flexibility index (Phi) is 1.07. The van der Waals surface area contributed by atoms with E-state index in [1.54, 1.807) is 6.20 Å². The summed E-state index contributed by atoms with van der Waals surface area (Å²) in [6.45, 7) is 0. The molecule has 0 aliphatic carbocycles. The lowest BCUT2D eigenvalue weighted by atomic mass is 10.5. The van der Waals surface area contributed by atoms with E-state index < -0.39 is 0 Å². The van der Waals surface area contributed by atoms with E-state index in [0.29, 0.717) is 10.7 Å². The van der Waals surface area contributed by atoms with Crippen LogP contribution < -0.4 is 0 Å². The lowest BCUT2D eigenvalue weighted by Crippen LogP contribution is -1.79. The molecular weight excluding hydrogens is 152 g/mol. The summed E-state index contributed by atoms with van der Waals surface area (Å²) < 4.78 is 0. The molecule has 0 saturated heterocycles. The molecule has 2 rings (SSSR count). The average molecular weight is 155 g/mol. The molecule has 0 fully saturated rings. The Labute approximate surface area is 61.3 Å². The minimum absolute atomic E-state index is 0.405. The molecule has 0 amide bonds. The van der Waals surface area contributed by atoms with Crippen LogP contribution in [0.4, 0.5) is 0 Å². The zero-order valence-electron chi connectivity index (χ0n) is 4.87. The standard InChI is InChI=1S/C5H3ClN4/c6-5-4-3(1-9-10-4)7-2-8-5/h1-2H,(H,9,10). The lowest BCUT2D eigenvalue weighted by molar-refractivity contribution is 1.11. The van der Waals surface area contributed by atoms with E-state index in [4.69, 9.17) is 11.6 Å². The molecule has 0 saturated carbocycles. The summed E-state index contributed by atoms with van der Waals surface area (Å²) in [4.78, 5) is 7.68. The lowest BCUT2D eigenvalue weighted by Gasteiger charge is -1.87. The van der Waals surface area contributed by atoms with Crippen LogP contribution in [0.15, 0.2) is 12.5 Å². The molecule has 0 aromatic carbocycles. The van der Waals surface area contributed by atoms with Crippen molar-refractivity contribution in [3.63, 3.8) is 0 Å². The number of halogens is 1. The van der Waals surface area contributed by atoms with E-state index in [1.807, 2.05) is 0 Å². The third-order valence-electron chi connectivity index (χ3n) is 1.19. The number of hydrogen-bond donors (Lipinski definition) is 1. The third kappa shape index (κ3) is 0.657. The van der Waals surface area contributed by atoms with Crippen LogP contribution in [0, 0.1) is 0 Å². The Morgan fingerprint density at radius 1 is 1.40 bits per heavy atom. The predicted molar refractivity (Wildman–Crippen MR) is 36.7 cm³/mol. The van der Waals surface area contributed by atoms with Gasteiger partial charge in [-0.2, -0.15) is 5.10 Å². The maximum atomic E-state index is 5.68. The Bertz CT molecular complexity index is 355. The van der Waals surface area contributed by atoms with E-state index >= 15 is 0 Å². The molecule has 0 atom stereocenters. The molecule has 0 aliphatic rings. The second-order valence-electron chi connectivity index (χ2n) is 1.79. The molecule has 0 radical (unpaired) electrons. The van der Waals surface area contributed by atoms with Gasteiger partial charge in [-0.15, -0.1) is 0 Å². The minimum Gasteiger partial charge on any atom is -0.273 e. The molecule has 0 aliphatic heterocycles. The number of aromatic amines is 1. The van der Waals surface area contributed by atoms with Crippen LogP contribution in [0.3, 0.4) is 0 Å². The molecule has 0 spiro atoms. The number of fused-ring (bicyclic) bond motifs is 1. The van der Waals surface area contributed by atoms with Crippen LogP contribution in [0.5, 0.6) is 0 Å². The highest BCUT2D eigenvalue weighted by atomic mass is 35.5. The van der Waals surface area contributed by atoms with Crippen molar-refractivity contribution in [3.8, 4) is 0 Å². The van der Waals surface area contributed by atoms with Crippen molar-refractivity contribution in [1.82, 2.24) is 20.2 Å². The van der Waals surface area contributed by atoms with Crippen molar-refractivity contribution < 1.29 is 0 Å². The van der Waals surface area contributed by atoms with Gasteiger partial charge >= 0.3 is 0 Å². The van der Waals surface area contributed by atoms with Crippen LogP contribution in [0.2, 0.25) is 5.15 Å². The number of hydrogen-bond acceptors (Lipinski definition) is 3. The quantitative estimate of drug-likeness (QED) is 0.576. The number of H-pyrrole nitrogens is 1. The second kappa shape index (κ2) is 1.91. The first-order valence-electron chi connectivity index (χ1n) is 2.67. The predicted octanol–water partition coefficient (Wildman–Crippen LogP) is 1.01. The fourth-order valence-corrected chi connectivity index (χ4v) is 0.919. The van der Waals surface area contributed by atoms with Gasteiger partial charge in [0, 0.05) is 0 Å². The minimum atomic E-state index is 0.405. The number of rotatable bonds is 0. The summed E-state index contributed by atoms with van der Waals surface area (Å²) >= 11 is 5.68. The van der Waals surface area contributed by atoms with Gasteiger partial charge in [0.05, 0.1) is 6.20 Å². The Hall–Kier alpha value is -1.16. The van der Waals surface area contributed by atoms with E-state index in [1.165, 1.54) is 6.33 Å². The largest absolute Gasteiger partial charge is 0.273 e. The summed E-state index contributed by atoms with van der Waals surface area (Å²) in [5.41, 5.74) is 1.42. The molecule has 2 aromatic rings. The van der Waals surface area contributed by atoms with Crippen molar-refractivity contribution >= 4 is 22.6 Å². The first-order valence-corrected chi connectivity index (χ1v) is 3.05. The third-order valence-corrected chi connectivity index (χ3v) is 1.48. The molecule has 2 aromatic heterocycles. The van der Waals surface area contributed by atoms with Crippen LogP contribution in [0.1, 0.15) is 0 Å². The number of nitrogens with zero attached hydrogens (tertiary/aromatic N) is 3. The van der Waals surface area contributed by atoms with Crippen LogP contribution in [-0.4, -0.2) is 20.2 Å². The van der Waals surface area contributed by atoms with Crippen molar-refractivity contribution in [1.29, 1.82) is 0 Å². The van der Waals surface area contributed by atoms with Gasteiger partial charge in [0.2, 0.25) is 0 Å². The monoisotopic (exact) mass is 154 g/mol. The van der Waals surface area contributed by atoms with Gasteiger partial charge in [0.15, 0.2) is 5.15 Å². The highest BCUT2D eigenvalue weighted by Crippen LogP contribution is 2.14. The highest BCUT2D eigenvalue weighted by molar-refractivity contribution is 6.33. The molecule has 2 heterocycles. The normalized spacial score (nSPS) is 10.5. The fraction of sp³-hybridized carbons (Fsp3) is 0. The molecule has 0 bridgehead atoms.